The summed E-state index contributed by atoms with van der Waals surface area (Å²) in [5.74, 6) is 0. The normalized spacial score (nSPS) is 11.7. The standard InChI is InChI=1S/C48H31N/c1-4-16-32(17-5-1)35-28-29-41(37-23-11-10-22-36(35)37)48-40-26-13-12-25-39(40)47(33-18-6-2-7-19-33)44-31-46-42(30-43(44)48)38-24-14-15-27-45(38)49(46)34-20-8-3-9-21-34/h1-31H. The van der Waals surface area contributed by atoms with Gasteiger partial charge in [-0.25, -0.2) is 0 Å². The van der Waals surface area contributed by atoms with Crippen LogP contribution in [0.5, 0.6) is 0 Å². The first-order chi connectivity index (χ1) is 24.3. The number of para-hydroxylation sites is 2. The van der Waals surface area contributed by atoms with Crippen molar-refractivity contribution in [1.29, 1.82) is 0 Å². The van der Waals surface area contributed by atoms with E-state index in [4.69, 9.17) is 0 Å². The van der Waals surface area contributed by atoms with Crippen molar-refractivity contribution >= 4 is 54.1 Å². The number of rotatable bonds is 4. The lowest BCUT2D eigenvalue weighted by atomic mass is 9.83. The topological polar surface area (TPSA) is 4.93 Å². The van der Waals surface area contributed by atoms with Crippen molar-refractivity contribution < 1.29 is 0 Å². The molecule has 1 heterocycles. The van der Waals surface area contributed by atoms with Crippen LogP contribution in [0.25, 0.3) is 93.2 Å². The molecule has 0 saturated heterocycles. The molecule has 10 rings (SSSR count). The number of fused-ring (bicyclic) bond motifs is 6. The molecule has 0 aliphatic rings. The molecule has 0 bridgehead atoms. The van der Waals surface area contributed by atoms with Crippen LogP contribution in [0.15, 0.2) is 188 Å². The highest BCUT2D eigenvalue weighted by molar-refractivity contribution is 6.27. The van der Waals surface area contributed by atoms with E-state index in [1.807, 2.05) is 0 Å². The van der Waals surface area contributed by atoms with Crippen LogP contribution in [0.4, 0.5) is 0 Å². The minimum Gasteiger partial charge on any atom is -0.309 e. The van der Waals surface area contributed by atoms with E-state index >= 15 is 0 Å². The highest BCUT2D eigenvalue weighted by Gasteiger charge is 2.22. The molecule has 0 unspecified atom stereocenters. The maximum Gasteiger partial charge on any atom is 0.0547 e. The average Bonchev–Trinajstić information content (AvgIpc) is 3.50. The maximum absolute atomic E-state index is 2.47. The van der Waals surface area contributed by atoms with Crippen molar-refractivity contribution in [3.63, 3.8) is 0 Å². The Morgan fingerprint density at radius 3 is 1.45 bits per heavy atom. The SMILES string of the molecule is c1ccc(-c2ccc(-c3c4ccccc4c(-c4ccccc4)c4cc5c(cc34)c3ccccc3n5-c3ccccc3)c3ccccc23)cc1. The third-order valence-electron chi connectivity index (χ3n) is 10.2. The molecule has 0 aliphatic heterocycles. The van der Waals surface area contributed by atoms with Gasteiger partial charge in [0.25, 0.3) is 0 Å². The van der Waals surface area contributed by atoms with Crippen LogP contribution in [0.3, 0.4) is 0 Å². The number of aromatic nitrogens is 1. The predicted octanol–water partition coefficient (Wildman–Crippen LogP) is 13.2. The quantitative estimate of drug-likeness (QED) is 0.172. The number of hydrogen-bond donors (Lipinski definition) is 0. The van der Waals surface area contributed by atoms with Gasteiger partial charge in [0.2, 0.25) is 0 Å². The van der Waals surface area contributed by atoms with Gasteiger partial charge in [0.15, 0.2) is 0 Å². The van der Waals surface area contributed by atoms with Gasteiger partial charge in [-0.05, 0) is 96.0 Å². The van der Waals surface area contributed by atoms with E-state index in [1.165, 1.54) is 87.5 Å². The Hall–Kier alpha value is -6.44. The second-order valence-electron chi connectivity index (χ2n) is 12.8. The summed E-state index contributed by atoms with van der Waals surface area (Å²) in [5.41, 5.74) is 11.1. The summed E-state index contributed by atoms with van der Waals surface area (Å²) in [7, 11) is 0. The fourth-order valence-electron chi connectivity index (χ4n) is 8.09. The lowest BCUT2D eigenvalue weighted by Crippen LogP contribution is -1.95. The van der Waals surface area contributed by atoms with Gasteiger partial charge >= 0.3 is 0 Å². The number of benzene rings is 9. The molecule has 49 heavy (non-hydrogen) atoms. The molecule has 1 heteroatoms. The Bertz CT molecular complexity index is 2850. The molecule has 9 aromatic carbocycles. The van der Waals surface area contributed by atoms with Crippen molar-refractivity contribution in [2.45, 2.75) is 0 Å². The van der Waals surface area contributed by atoms with E-state index < -0.39 is 0 Å². The lowest BCUT2D eigenvalue weighted by Gasteiger charge is -2.20. The van der Waals surface area contributed by atoms with Crippen LogP contribution in [0.2, 0.25) is 0 Å². The van der Waals surface area contributed by atoms with Crippen LogP contribution in [0.1, 0.15) is 0 Å². The Morgan fingerprint density at radius 2 is 0.755 bits per heavy atom. The number of nitrogens with zero attached hydrogens (tertiary/aromatic N) is 1. The molecule has 0 radical (unpaired) electrons. The van der Waals surface area contributed by atoms with Crippen LogP contribution in [-0.2, 0) is 0 Å². The molecule has 0 aliphatic carbocycles. The molecule has 0 N–H and O–H groups in total. The first-order valence-electron chi connectivity index (χ1n) is 17.0. The second-order valence-corrected chi connectivity index (χ2v) is 12.8. The van der Waals surface area contributed by atoms with Crippen LogP contribution in [-0.4, -0.2) is 4.57 Å². The van der Waals surface area contributed by atoms with Gasteiger partial charge in [-0.15, -0.1) is 0 Å². The summed E-state index contributed by atoms with van der Waals surface area (Å²) in [6.07, 6.45) is 0. The first kappa shape index (κ1) is 27.7. The fourth-order valence-corrected chi connectivity index (χ4v) is 8.09. The molecule has 0 spiro atoms. The molecular formula is C48H31N. The zero-order chi connectivity index (χ0) is 32.3. The van der Waals surface area contributed by atoms with Gasteiger partial charge in [0.1, 0.15) is 0 Å². The predicted molar refractivity (Wildman–Crippen MR) is 210 cm³/mol. The van der Waals surface area contributed by atoms with Crippen LogP contribution >= 0.6 is 0 Å². The van der Waals surface area contributed by atoms with Gasteiger partial charge in [-0.1, -0.05) is 158 Å². The Kier molecular flexibility index (Phi) is 6.25. The molecular weight excluding hydrogens is 591 g/mol. The largest absolute Gasteiger partial charge is 0.309 e. The molecule has 0 atom stereocenters. The van der Waals surface area contributed by atoms with Crippen molar-refractivity contribution in [2.24, 2.45) is 0 Å². The van der Waals surface area contributed by atoms with Gasteiger partial charge in [-0.3, -0.25) is 0 Å². The van der Waals surface area contributed by atoms with Gasteiger partial charge < -0.3 is 4.57 Å². The highest BCUT2D eigenvalue weighted by atomic mass is 15.0. The third-order valence-corrected chi connectivity index (χ3v) is 10.2. The van der Waals surface area contributed by atoms with E-state index in [0.717, 1.165) is 5.69 Å². The number of hydrogen-bond acceptors (Lipinski definition) is 0. The van der Waals surface area contributed by atoms with Crippen LogP contribution in [0, 0.1) is 0 Å². The summed E-state index contributed by atoms with van der Waals surface area (Å²) >= 11 is 0. The molecule has 1 nitrogen and oxygen atoms in total. The Balaban J connectivity index is 1.41. The summed E-state index contributed by atoms with van der Waals surface area (Å²) in [4.78, 5) is 0. The maximum atomic E-state index is 2.47. The summed E-state index contributed by atoms with van der Waals surface area (Å²) in [5, 5.41) is 10.1. The highest BCUT2D eigenvalue weighted by Crippen LogP contribution is 2.48. The molecule has 0 amide bonds. The molecule has 228 valence electrons. The zero-order valence-electron chi connectivity index (χ0n) is 26.8. The van der Waals surface area contributed by atoms with Gasteiger partial charge in [-0.2, -0.15) is 0 Å². The van der Waals surface area contributed by atoms with Crippen LogP contribution < -0.4 is 0 Å². The second kappa shape index (κ2) is 11.1. The Labute approximate surface area is 284 Å². The monoisotopic (exact) mass is 621 g/mol. The zero-order valence-corrected chi connectivity index (χ0v) is 26.8. The molecule has 0 fully saturated rings. The average molecular weight is 622 g/mol. The third kappa shape index (κ3) is 4.26. The van der Waals surface area contributed by atoms with E-state index in [1.54, 1.807) is 0 Å². The minimum absolute atomic E-state index is 1.16. The summed E-state index contributed by atoms with van der Waals surface area (Å²) in [6, 6.07) is 68.7. The fraction of sp³-hybridized carbons (Fsp3) is 0. The minimum atomic E-state index is 1.16. The van der Waals surface area contributed by atoms with Crippen molar-refractivity contribution in [3.8, 4) is 39.1 Å². The Morgan fingerprint density at radius 1 is 0.265 bits per heavy atom. The van der Waals surface area contributed by atoms with E-state index in [2.05, 4.69) is 193 Å². The van der Waals surface area contributed by atoms with Gasteiger partial charge in [0.05, 0.1) is 11.0 Å². The smallest absolute Gasteiger partial charge is 0.0547 e. The molecule has 1 aromatic heterocycles. The van der Waals surface area contributed by atoms with E-state index in [9.17, 15) is 0 Å². The van der Waals surface area contributed by atoms with Crippen molar-refractivity contribution in [3.05, 3.63) is 188 Å². The van der Waals surface area contributed by atoms with E-state index in [0.29, 0.717) is 0 Å². The van der Waals surface area contributed by atoms with E-state index in [-0.39, 0.29) is 0 Å². The lowest BCUT2D eigenvalue weighted by molar-refractivity contribution is 1.18. The van der Waals surface area contributed by atoms with Gasteiger partial charge in [0, 0.05) is 16.5 Å². The first-order valence-corrected chi connectivity index (χ1v) is 17.0. The summed E-state index contributed by atoms with van der Waals surface area (Å²) < 4.78 is 2.43. The van der Waals surface area contributed by atoms with Crippen molar-refractivity contribution in [1.82, 2.24) is 4.57 Å². The summed E-state index contributed by atoms with van der Waals surface area (Å²) in [6.45, 7) is 0. The molecule has 0 saturated carbocycles. The molecule has 10 aromatic rings. The van der Waals surface area contributed by atoms with Crippen molar-refractivity contribution in [2.75, 3.05) is 0 Å².